The summed E-state index contributed by atoms with van der Waals surface area (Å²) in [5.74, 6) is 0.448. The van der Waals surface area contributed by atoms with Crippen LogP contribution < -0.4 is 0 Å². The van der Waals surface area contributed by atoms with Crippen molar-refractivity contribution in [3.05, 3.63) is 24.3 Å². The van der Waals surface area contributed by atoms with Gasteiger partial charge in [-0.15, -0.1) is 0 Å². The molecule has 6 heteroatoms. The van der Waals surface area contributed by atoms with Crippen LogP contribution in [0.3, 0.4) is 0 Å². The summed E-state index contributed by atoms with van der Waals surface area (Å²) in [6.45, 7) is 2.55. The van der Waals surface area contributed by atoms with Crippen LogP contribution in [0.25, 0.3) is 0 Å². The lowest BCUT2D eigenvalue weighted by molar-refractivity contribution is 0.119. The first kappa shape index (κ1) is 16.8. The van der Waals surface area contributed by atoms with Gasteiger partial charge < -0.3 is 4.90 Å². The van der Waals surface area contributed by atoms with Crippen LogP contribution in [0.4, 0.5) is 0 Å². The van der Waals surface area contributed by atoms with Crippen molar-refractivity contribution in [1.29, 1.82) is 0 Å². The number of benzene rings is 1. The SMILES string of the molecule is CN1CC(CN(C)S(=O)(=O)c2ccccc2S(C)(C)C)C1. The maximum Gasteiger partial charge on any atom is 0.243 e. The van der Waals surface area contributed by atoms with Crippen molar-refractivity contribution in [2.45, 2.75) is 9.79 Å². The van der Waals surface area contributed by atoms with Crippen LogP contribution >= 0.6 is 10.0 Å². The first-order chi connectivity index (χ1) is 9.62. The Morgan fingerprint density at radius 2 is 1.67 bits per heavy atom. The summed E-state index contributed by atoms with van der Waals surface area (Å²) in [6, 6.07) is 7.43. The van der Waals surface area contributed by atoms with Crippen molar-refractivity contribution in [2.75, 3.05) is 52.5 Å². The fourth-order valence-electron chi connectivity index (χ4n) is 2.74. The van der Waals surface area contributed by atoms with E-state index in [4.69, 9.17) is 0 Å². The molecule has 0 atom stereocenters. The normalized spacial score (nSPS) is 18.8. The zero-order valence-electron chi connectivity index (χ0n) is 13.5. The molecule has 0 amide bonds. The van der Waals surface area contributed by atoms with Crippen molar-refractivity contribution in [1.82, 2.24) is 9.21 Å². The van der Waals surface area contributed by atoms with E-state index in [0.29, 0.717) is 17.4 Å². The van der Waals surface area contributed by atoms with E-state index >= 15 is 0 Å². The molecule has 0 saturated carbocycles. The predicted octanol–water partition coefficient (Wildman–Crippen LogP) is 1.92. The molecule has 1 aliphatic rings. The molecule has 1 aromatic rings. The summed E-state index contributed by atoms with van der Waals surface area (Å²) < 4.78 is 27.3. The first-order valence-corrected chi connectivity index (χ1v) is 11.3. The molecule has 0 spiro atoms. The number of nitrogens with zero attached hydrogens (tertiary/aromatic N) is 2. The summed E-state index contributed by atoms with van der Waals surface area (Å²) in [5, 5.41) is 0. The van der Waals surface area contributed by atoms with E-state index in [0.717, 1.165) is 18.0 Å². The third kappa shape index (κ3) is 3.62. The molecule has 0 aliphatic carbocycles. The fourth-order valence-corrected chi connectivity index (χ4v) is 6.28. The Morgan fingerprint density at radius 3 is 2.14 bits per heavy atom. The number of likely N-dealkylation sites (tertiary alicyclic amines) is 1. The number of hydrogen-bond acceptors (Lipinski definition) is 3. The van der Waals surface area contributed by atoms with Crippen molar-refractivity contribution in [3.8, 4) is 0 Å². The second kappa shape index (κ2) is 5.91. The third-order valence-electron chi connectivity index (χ3n) is 3.85. The highest BCUT2D eigenvalue weighted by atomic mass is 32.3. The topological polar surface area (TPSA) is 40.6 Å². The highest BCUT2D eigenvalue weighted by Crippen LogP contribution is 2.48. The second-order valence-corrected chi connectivity index (χ2v) is 12.8. The molecule has 0 unspecified atom stereocenters. The summed E-state index contributed by atoms with van der Waals surface area (Å²) in [7, 11) is -0.743. The quantitative estimate of drug-likeness (QED) is 0.828. The monoisotopic (exact) mass is 330 g/mol. The Bertz CT molecular complexity index is 602. The number of rotatable bonds is 5. The molecule has 0 bridgehead atoms. The summed E-state index contributed by atoms with van der Waals surface area (Å²) in [5.41, 5.74) is 0. The van der Waals surface area contributed by atoms with Crippen molar-refractivity contribution in [3.63, 3.8) is 0 Å². The minimum Gasteiger partial charge on any atom is -0.306 e. The molecule has 21 heavy (non-hydrogen) atoms. The molecule has 1 heterocycles. The van der Waals surface area contributed by atoms with Crippen LogP contribution in [-0.4, -0.2) is 70.1 Å². The van der Waals surface area contributed by atoms with E-state index in [9.17, 15) is 8.42 Å². The first-order valence-electron chi connectivity index (χ1n) is 7.04. The lowest BCUT2D eigenvalue weighted by Crippen LogP contribution is -2.49. The maximum absolute atomic E-state index is 12.9. The van der Waals surface area contributed by atoms with Gasteiger partial charge in [-0.25, -0.2) is 22.8 Å². The molecular weight excluding hydrogens is 304 g/mol. The Balaban J connectivity index is 2.27. The molecule has 4 nitrogen and oxygen atoms in total. The largest absolute Gasteiger partial charge is 0.306 e. The highest BCUT2D eigenvalue weighted by Gasteiger charge is 2.31. The average molecular weight is 331 g/mol. The molecule has 1 saturated heterocycles. The maximum atomic E-state index is 12.9. The van der Waals surface area contributed by atoms with Crippen LogP contribution in [-0.2, 0) is 10.0 Å². The fraction of sp³-hybridized carbons (Fsp3) is 0.600. The molecule has 0 radical (unpaired) electrons. The smallest absolute Gasteiger partial charge is 0.243 e. The minimum absolute atomic E-state index is 0.448. The lowest BCUT2D eigenvalue weighted by Gasteiger charge is -2.38. The summed E-state index contributed by atoms with van der Waals surface area (Å²) in [4.78, 5) is 3.64. The zero-order valence-corrected chi connectivity index (χ0v) is 15.2. The minimum atomic E-state index is -3.41. The van der Waals surface area contributed by atoms with E-state index < -0.39 is 20.1 Å². The van der Waals surface area contributed by atoms with E-state index in [-0.39, 0.29) is 0 Å². The van der Waals surface area contributed by atoms with Gasteiger partial charge in [0.25, 0.3) is 0 Å². The van der Waals surface area contributed by atoms with Gasteiger partial charge in [-0.3, -0.25) is 0 Å². The zero-order chi connectivity index (χ0) is 15.8. The van der Waals surface area contributed by atoms with Gasteiger partial charge in [0, 0.05) is 31.6 Å². The Kier molecular flexibility index (Phi) is 4.73. The molecule has 1 fully saturated rings. The van der Waals surface area contributed by atoms with Crippen LogP contribution in [0.5, 0.6) is 0 Å². The number of sulfonamides is 1. The van der Waals surface area contributed by atoms with Crippen LogP contribution in [0, 0.1) is 5.92 Å². The van der Waals surface area contributed by atoms with Gasteiger partial charge in [0.05, 0.1) is 4.90 Å². The van der Waals surface area contributed by atoms with Gasteiger partial charge in [0.15, 0.2) is 0 Å². The molecule has 120 valence electrons. The molecular formula is C15H26N2O2S2. The van der Waals surface area contributed by atoms with E-state index in [2.05, 4.69) is 30.7 Å². The van der Waals surface area contributed by atoms with Crippen molar-refractivity contribution in [2.24, 2.45) is 5.92 Å². The molecule has 0 N–H and O–H groups in total. The Hall–Kier alpha value is -0.560. The Morgan fingerprint density at radius 1 is 1.14 bits per heavy atom. The van der Waals surface area contributed by atoms with Crippen LogP contribution in [0.1, 0.15) is 0 Å². The Labute approximate surface area is 130 Å². The standard InChI is InChI=1S/C15H26N2O2S2/c1-16-10-13(11-16)12-17(2)21(18,19)15-9-7-6-8-14(15)20(3,4)5/h6-9,13H,10-12H2,1-5H3. The van der Waals surface area contributed by atoms with E-state index in [1.807, 2.05) is 18.2 Å². The second-order valence-electron chi connectivity index (χ2n) is 6.66. The van der Waals surface area contributed by atoms with E-state index in [1.165, 1.54) is 4.31 Å². The van der Waals surface area contributed by atoms with Gasteiger partial charge >= 0.3 is 0 Å². The van der Waals surface area contributed by atoms with E-state index in [1.54, 1.807) is 13.1 Å². The highest BCUT2D eigenvalue weighted by molar-refractivity contribution is 8.32. The lowest BCUT2D eigenvalue weighted by atomic mass is 10.0. The van der Waals surface area contributed by atoms with Gasteiger partial charge in [-0.2, -0.15) is 0 Å². The van der Waals surface area contributed by atoms with Crippen molar-refractivity contribution < 1.29 is 8.42 Å². The van der Waals surface area contributed by atoms with Crippen LogP contribution in [0.15, 0.2) is 34.1 Å². The van der Waals surface area contributed by atoms with Crippen LogP contribution in [0.2, 0.25) is 0 Å². The molecule has 1 aromatic carbocycles. The van der Waals surface area contributed by atoms with Crippen molar-refractivity contribution >= 4 is 20.1 Å². The molecule has 0 aromatic heterocycles. The summed E-state index contributed by atoms with van der Waals surface area (Å²) in [6.07, 6.45) is 6.38. The third-order valence-corrected chi connectivity index (χ3v) is 7.54. The molecule has 2 rings (SSSR count). The predicted molar refractivity (Wildman–Crippen MR) is 90.9 cm³/mol. The van der Waals surface area contributed by atoms with Gasteiger partial charge in [0.1, 0.15) is 0 Å². The average Bonchev–Trinajstić information content (AvgIpc) is 2.35. The summed E-state index contributed by atoms with van der Waals surface area (Å²) >= 11 is 0. The van der Waals surface area contributed by atoms with Gasteiger partial charge in [-0.1, -0.05) is 12.1 Å². The number of hydrogen-bond donors (Lipinski definition) is 0. The van der Waals surface area contributed by atoms with Gasteiger partial charge in [0.2, 0.25) is 10.0 Å². The van der Waals surface area contributed by atoms with Gasteiger partial charge in [-0.05, 0) is 43.9 Å². The molecule has 1 aliphatic heterocycles.